The normalized spacial score (nSPS) is 11.9. The van der Waals surface area contributed by atoms with E-state index in [1.54, 1.807) is 25.1 Å². The monoisotopic (exact) mass is 319 g/mol. The van der Waals surface area contributed by atoms with Gasteiger partial charge in [-0.25, -0.2) is 9.18 Å². The second-order valence-corrected chi connectivity index (χ2v) is 5.32. The fraction of sp³-hybridized carbons (Fsp3) is 0.294. The highest BCUT2D eigenvalue weighted by atomic mass is 19.1. The molecule has 1 aromatic heterocycles. The van der Waals surface area contributed by atoms with E-state index in [2.05, 4.69) is 5.32 Å². The van der Waals surface area contributed by atoms with Crippen molar-refractivity contribution in [2.24, 2.45) is 5.92 Å². The third-order valence-corrected chi connectivity index (χ3v) is 3.56. The lowest BCUT2D eigenvalue weighted by atomic mass is 10.00. The molecule has 1 unspecified atom stereocenters. The molecule has 0 aliphatic carbocycles. The minimum absolute atomic E-state index is 0.121. The molecule has 2 N–H and O–H groups in total. The van der Waals surface area contributed by atoms with Gasteiger partial charge in [-0.05, 0) is 36.6 Å². The summed E-state index contributed by atoms with van der Waals surface area (Å²) in [6, 6.07) is 9.34. The second-order valence-electron chi connectivity index (χ2n) is 5.32. The van der Waals surface area contributed by atoms with Crippen LogP contribution in [0.15, 0.2) is 40.8 Å². The molecule has 1 amide bonds. The number of aromatic carboxylic acids is 1. The molecule has 23 heavy (non-hydrogen) atoms. The Bertz CT molecular complexity index is 695. The largest absolute Gasteiger partial charge is 0.475 e. The van der Waals surface area contributed by atoms with E-state index in [4.69, 9.17) is 9.52 Å². The van der Waals surface area contributed by atoms with Crippen LogP contribution in [0.2, 0.25) is 0 Å². The third-order valence-electron chi connectivity index (χ3n) is 3.56. The van der Waals surface area contributed by atoms with Crippen LogP contribution < -0.4 is 5.32 Å². The van der Waals surface area contributed by atoms with Crippen molar-refractivity contribution in [3.63, 3.8) is 0 Å². The number of nitrogens with one attached hydrogen (secondary N) is 1. The highest BCUT2D eigenvalue weighted by Crippen LogP contribution is 2.14. The van der Waals surface area contributed by atoms with Gasteiger partial charge in [0, 0.05) is 5.92 Å². The molecule has 0 aliphatic heterocycles. The minimum atomic E-state index is -1.15. The smallest absolute Gasteiger partial charge is 0.371 e. The number of carbonyl (C=O) groups is 2. The van der Waals surface area contributed by atoms with Crippen LogP contribution in [-0.4, -0.2) is 17.0 Å². The summed E-state index contributed by atoms with van der Waals surface area (Å²) < 4.78 is 18.6. The molecule has 6 heteroatoms. The molecule has 0 saturated heterocycles. The predicted octanol–water partition coefficient (Wildman–Crippen LogP) is 3.00. The molecular weight excluding hydrogens is 301 g/mol. The number of carbonyl (C=O) groups excluding carboxylic acids is 1. The third kappa shape index (κ3) is 4.67. The average Bonchev–Trinajstić information content (AvgIpc) is 3.00. The average molecular weight is 319 g/mol. The van der Waals surface area contributed by atoms with Gasteiger partial charge in [0.25, 0.3) is 0 Å². The number of hydrogen-bond acceptors (Lipinski definition) is 3. The van der Waals surface area contributed by atoms with Crippen LogP contribution >= 0.6 is 0 Å². The number of hydrogen-bond donors (Lipinski definition) is 2. The number of furan rings is 1. The number of rotatable bonds is 7. The van der Waals surface area contributed by atoms with Crippen LogP contribution in [0.25, 0.3) is 0 Å². The van der Waals surface area contributed by atoms with Gasteiger partial charge in [-0.1, -0.05) is 25.1 Å². The van der Waals surface area contributed by atoms with Crippen molar-refractivity contribution in [3.8, 4) is 0 Å². The first-order valence-electron chi connectivity index (χ1n) is 7.30. The zero-order valence-corrected chi connectivity index (χ0v) is 12.7. The Morgan fingerprint density at radius 3 is 2.65 bits per heavy atom. The summed E-state index contributed by atoms with van der Waals surface area (Å²) in [6.07, 6.45) is 0.996. The molecular formula is C17H18FNO4. The van der Waals surface area contributed by atoms with Gasteiger partial charge >= 0.3 is 5.97 Å². The van der Waals surface area contributed by atoms with Gasteiger partial charge in [0.2, 0.25) is 11.7 Å². The summed E-state index contributed by atoms with van der Waals surface area (Å²) in [5, 5.41) is 11.4. The van der Waals surface area contributed by atoms with E-state index in [1.165, 1.54) is 18.2 Å². The van der Waals surface area contributed by atoms with Gasteiger partial charge in [-0.3, -0.25) is 4.79 Å². The number of carboxylic acid groups (broad SMARTS) is 1. The number of carboxylic acids is 1. The van der Waals surface area contributed by atoms with Crippen LogP contribution in [0.4, 0.5) is 4.39 Å². The zero-order chi connectivity index (χ0) is 16.8. The van der Waals surface area contributed by atoms with E-state index in [0.717, 1.165) is 0 Å². The van der Waals surface area contributed by atoms with E-state index < -0.39 is 5.97 Å². The van der Waals surface area contributed by atoms with Crippen molar-refractivity contribution in [2.75, 3.05) is 0 Å². The van der Waals surface area contributed by atoms with Gasteiger partial charge in [-0.15, -0.1) is 0 Å². The van der Waals surface area contributed by atoms with Crippen molar-refractivity contribution >= 4 is 11.9 Å². The van der Waals surface area contributed by atoms with Gasteiger partial charge in [0.05, 0.1) is 6.54 Å². The lowest BCUT2D eigenvalue weighted by molar-refractivity contribution is -0.124. The fourth-order valence-electron chi connectivity index (χ4n) is 2.14. The minimum Gasteiger partial charge on any atom is -0.475 e. The van der Waals surface area contributed by atoms with Gasteiger partial charge < -0.3 is 14.8 Å². The maximum Gasteiger partial charge on any atom is 0.371 e. The molecule has 2 aromatic rings. The molecule has 122 valence electrons. The molecule has 2 rings (SSSR count). The summed E-state index contributed by atoms with van der Waals surface area (Å²) in [6.45, 7) is 1.89. The lowest BCUT2D eigenvalue weighted by Crippen LogP contribution is -2.28. The first-order chi connectivity index (χ1) is 11.0. The van der Waals surface area contributed by atoms with Gasteiger partial charge in [0.15, 0.2) is 0 Å². The van der Waals surface area contributed by atoms with Crippen LogP contribution in [0.3, 0.4) is 0 Å². The van der Waals surface area contributed by atoms with Crippen molar-refractivity contribution < 1.29 is 23.5 Å². The standard InChI is InChI=1S/C17H18FNO4/c1-11(6-7-12-4-2-3-5-14(12)18)16(20)19-10-13-8-9-15(23-13)17(21)22/h2-5,8-9,11H,6-7,10H2,1H3,(H,19,20)(H,21,22). The van der Waals surface area contributed by atoms with Gasteiger partial charge in [-0.2, -0.15) is 0 Å². The number of benzene rings is 1. The Labute approximate surface area is 133 Å². The molecule has 0 aliphatic rings. The number of aryl methyl sites for hydroxylation is 1. The summed E-state index contributed by atoms with van der Waals surface area (Å²) in [7, 11) is 0. The molecule has 0 fully saturated rings. The van der Waals surface area contributed by atoms with Crippen LogP contribution in [0.1, 0.15) is 35.2 Å². The van der Waals surface area contributed by atoms with E-state index >= 15 is 0 Å². The molecule has 1 heterocycles. The van der Waals surface area contributed by atoms with Crippen LogP contribution in [-0.2, 0) is 17.8 Å². The quantitative estimate of drug-likeness (QED) is 0.822. The summed E-state index contributed by atoms with van der Waals surface area (Å²) in [4.78, 5) is 22.7. The highest BCUT2D eigenvalue weighted by molar-refractivity contribution is 5.84. The number of amides is 1. The summed E-state index contributed by atoms with van der Waals surface area (Å²) in [5.41, 5.74) is 0.587. The lowest BCUT2D eigenvalue weighted by Gasteiger charge is -2.11. The highest BCUT2D eigenvalue weighted by Gasteiger charge is 2.15. The molecule has 5 nitrogen and oxygen atoms in total. The Kier molecular flexibility index (Phi) is 5.51. The Balaban J connectivity index is 1.80. The summed E-state index contributed by atoms with van der Waals surface area (Å²) in [5.74, 6) is -1.69. The predicted molar refractivity (Wildman–Crippen MR) is 81.4 cm³/mol. The maximum absolute atomic E-state index is 13.5. The zero-order valence-electron chi connectivity index (χ0n) is 12.7. The van der Waals surface area contributed by atoms with Gasteiger partial charge in [0.1, 0.15) is 11.6 Å². The summed E-state index contributed by atoms with van der Waals surface area (Å²) >= 11 is 0. The first kappa shape index (κ1) is 16.7. The second kappa shape index (κ2) is 7.58. The molecule has 1 atom stereocenters. The molecule has 0 spiro atoms. The fourth-order valence-corrected chi connectivity index (χ4v) is 2.14. The van der Waals surface area contributed by atoms with Crippen LogP contribution in [0.5, 0.6) is 0 Å². The topological polar surface area (TPSA) is 79.5 Å². The Hall–Kier alpha value is -2.63. The Morgan fingerprint density at radius 2 is 2.00 bits per heavy atom. The van der Waals surface area contributed by atoms with Crippen molar-refractivity contribution in [3.05, 3.63) is 59.3 Å². The van der Waals surface area contributed by atoms with Crippen molar-refractivity contribution in [1.82, 2.24) is 5.32 Å². The van der Waals surface area contributed by atoms with E-state index in [9.17, 15) is 14.0 Å². The van der Waals surface area contributed by atoms with E-state index in [-0.39, 0.29) is 29.9 Å². The molecule has 1 aromatic carbocycles. The van der Waals surface area contributed by atoms with E-state index in [1.807, 2.05) is 0 Å². The molecule has 0 radical (unpaired) electrons. The van der Waals surface area contributed by atoms with Crippen molar-refractivity contribution in [2.45, 2.75) is 26.3 Å². The maximum atomic E-state index is 13.5. The van der Waals surface area contributed by atoms with Crippen LogP contribution in [0, 0.1) is 11.7 Å². The van der Waals surface area contributed by atoms with Crippen molar-refractivity contribution in [1.29, 1.82) is 0 Å². The van der Waals surface area contributed by atoms with E-state index in [0.29, 0.717) is 24.2 Å². The molecule has 0 bridgehead atoms. The Morgan fingerprint density at radius 1 is 1.26 bits per heavy atom. The SMILES string of the molecule is CC(CCc1ccccc1F)C(=O)NCc1ccc(C(=O)O)o1. The molecule has 0 saturated carbocycles. The first-order valence-corrected chi connectivity index (χ1v) is 7.30. The number of halogens is 1.